The number of amides is 2. The zero-order chi connectivity index (χ0) is 16.1. The van der Waals surface area contributed by atoms with Crippen LogP contribution in [-0.4, -0.2) is 35.5 Å². The summed E-state index contributed by atoms with van der Waals surface area (Å²) in [4.78, 5) is 27.7. The molecule has 2 rings (SSSR count). The molecule has 0 unspecified atom stereocenters. The number of pyridine rings is 1. The zero-order valence-electron chi connectivity index (χ0n) is 12.7. The van der Waals surface area contributed by atoms with E-state index in [9.17, 15) is 9.59 Å². The van der Waals surface area contributed by atoms with Gasteiger partial charge in [0.2, 0.25) is 11.8 Å². The van der Waals surface area contributed by atoms with Crippen LogP contribution in [0.2, 0.25) is 5.02 Å². The number of carbonyl (C=O) groups excluding carboxylic acids is 2. The fourth-order valence-corrected chi connectivity index (χ4v) is 2.42. The largest absolute Gasteiger partial charge is 0.475 e. The topological polar surface area (TPSA) is 80.3 Å². The van der Waals surface area contributed by atoms with Crippen LogP contribution >= 0.6 is 11.6 Å². The molecule has 0 bridgehead atoms. The van der Waals surface area contributed by atoms with Crippen LogP contribution in [0.15, 0.2) is 12.1 Å². The number of hydrogen-bond acceptors (Lipinski definition) is 4. The highest BCUT2D eigenvalue weighted by Gasteiger charge is 2.20. The van der Waals surface area contributed by atoms with Gasteiger partial charge in [0, 0.05) is 25.1 Å². The fourth-order valence-electron chi connectivity index (χ4n) is 2.22. The Morgan fingerprint density at radius 2 is 2.32 bits per heavy atom. The molecule has 1 aliphatic heterocycles. The second-order valence-corrected chi connectivity index (χ2v) is 5.92. The summed E-state index contributed by atoms with van der Waals surface area (Å²) < 4.78 is 5.46. The molecule has 0 saturated carbocycles. The van der Waals surface area contributed by atoms with Crippen molar-refractivity contribution in [1.29, 1.82) is 0 Å². The summed E-state index contributed by atoms with van der Waals surface area (Å²) in [5.41, 5.74) is 0.127. The van der Waals surface area contributed by atoms with Crippen LogP contribution in [0.4, 0.5) is 0 Å². The molecule has 2 heterocycles. The lowest BCUT2D eigenvalue weighted by Crippen LogP contribution is -2.46. The first-order valence-corrected chi connectivity index (χ1v) is 7.74. The van der Waals surface area contributed by atoms with Crippen molar-refractivity contribution >= 4 is 23.4 Å². The maximum atomic E-state index is 12.2. The minimum Gasteiger partial charge on any atom is -0.475 e. The zero-order valence-corrected chi connectivity index (χ0v) is 13.4. The molecule has 1 fully saturated rings. The van der Waals surface area contributed by atoms with Gasteiger partial charge in [-0.05, 0) is 32.8 Å². The lowest BCUT2D eigenvalue weighted by Gasteiger charge is -2.23. The first-order chi connectivity index (χ1) is 10.5. The van der Waals surface area contributed by atoms with Gasteiger partial charge in [-0.3, -0.25) is 9.59 Å². The standard InChI is InChI=1S/C15H20ClN3O3/c1-9(2)22-13-7-6-11(16)14(19-13)15(21)17-8-10-4-3-5-12(20)18-10/h6-7,9-10H,3-5,8H2,1-2H3,(H,17,21)(H,18,20)/t10-/m1/s1. The number of aromatic nitrogens is 1. The van der Waals surface area contributed by atoms with Crippen LogP contribution in [-0.2, 0) is 4.79 Å². The monoisotopic (exact) mass is 325 g/mol. The average molecular weight is 326 g/mol. The van der Waals surface area contributed by atoms with Crippen LogP contribution in [0.25, 0.3) is 0 Å². The van der Waals surface area contributed by atoms with Gasteiger partial charge >= 0.3 is 0 Å². The second kappa shape index (κ2) is 7.45. The fraction of sp³-hybridized carbons (Fsp3) is 0.533. The number of rotatable bonds is 5. The summed E-state index contributed by atoms with van der Waals surface area (Å²) in [6.45, 7) is 4.11. The van der Waals surface area contributed by atoms with E-state index in [2.05, 4.69) is 15.6 Å². The molecule has 0 aromatic carbocycles. The van der Waals surface area contributed by atoms with Gasteiger partial charge in [0.25, 0.3) is 5.91 Å². The highest BCUT2D eigenvalue weighted by molar-refractivity contribution is 6.33. The van der Waals surface area contributed by atoms with Crippen LogP contribution < -0.4 is 15.4 Å². The summed E-state index contributed by atoms with van der Waals surface area (Å²) in [5.74, 6) is 0.00327. The van der Waals surface area contributed by atoms with Crippen molar-refractivity contribution in [2.24, 2.45) is 0 Å². The van der Waals surface area contributed by atoms with Gasteiger partial charge in [0.15, 0.2) is 5.69 Å². The first-order valence-electron chi connectivity index (χ1n) is 7.36. The number of nitrogens with zero attached hydrogens (tertiary/aromatic N) is 1. The summed E-state index contributed by atoms with van der Waals surface area (Å²) in [6, 6.07) is 3.17. The van der Waals surface area contributed by atoms with Crippen molar-refractivity contribution in [2.75, 3.05) is 6.54 Å². The minimum atomic E-state index is -0.376. The Bertz CT molecular complexity index is 563. The predicted molar refractivity (Wildman–Crippen MR) is 83.1 cm³/mol. The van der Waals surface area contributed by atoms with Gasteiger partial charge < -0.3 is 15.4 Å². The molecular weight excluding hydrogens is 306 g/mol. The molecule has 2 amide bonds. The van der Waals surface area contributed by atoms with Crippen LogP contribution in [0.1, 0.15) is 43.6 Å². The Labute approximate surface area is 134 Å². The Kier molecular flexibility index (Phi) is 5.60. The number of piperidine rings is 1. The van der Waals surface area contributed by atoms with Crippen LogP contribution in [0.3, 0.4) is 0 Å². The van der Waals surface area contributed by atoms with Crippen molar-refractivity contribution < 1.29 is 14.3 Å². The predicted octanol–water partition coefficient (Wildman–Crippen LogP) is 1.92. The van der Waals surface area contributed by atoms with Gasteiger partial charge in [-0.15, -0.1) is 0 Å². The van der Waals surface area contributed by atoms with Crippen molar-refractivity contribution in [3.63, 3.8) is 0 Å². The van der Waals surface area contributed by atoms with Crippen molar-refractivity contribution in [1.82, 2.24) is 15.6 Å². The van der Waals surface area contributed by atoms with E-state index in [1.54, 1.807) is 12.1 Å². The van der Waals surface area contributed by atoms with E-state index >= 15 is 0 Å². The maximum absolute atomic E-state index is 12.2. The Hall–Kier alpha value is -1.82. The quantitative estimate of drug-likeness (QED) is 0.866. The van der Waals surface area contributed by atoms with E-state index in [0.717, 1.165) is 12.8 Å². The lowest BCUT2D eigenvalue weighted by atomic mass is 10.0. The van der Waals surface area contributed by atoms with E-state index in [1.165, 1.54) is 0 Å². The van der Waals surface area contributed by atoms with E-state index in [-0.39, 0.29) is 34.7 Å². The summed E-state index contributed by atoms with van der Waals surface area (Å²) in [6.07, 6.45) is 2.20. The van der Waals surface area contributed by atoms with Crippen LogP contribution in [0, 0.1) is 0 Å². The molecule has 1 aromatic rings. The van der Waals surface area contributed by atoms with E-state index in [0.29, 0.717) is 18.8 Å². The molecule has 6 nitrogen and oxygen atoms in total. The van der Waals surface area contributed by atoms with Crippen molar-refractivity contribution in [3.8, 4) is 5.88 Å². The van der Waals surface area contributed by atoms with Crippen molar-refractivity contribution in [2.45, 2.75) is 45.3 Å². The Morgan fingerprint density at radius 1 is 1.55 bits per heavy atom. The first kappa shape index (κ1) is 16.5. The summed E-state index contributed by atoms with van der Waals surface area (Å²) >= 11 is 6.02. The van der Waals surface area contributed by atoms with E-state index < -0.39 is 0 Å². The van der Waals surface area contributed by atoms with E-state index in [4.69, 9.17) is 16.3 Å². The summed E-state index contributed by atoms with van der Waals surface area (Å²) in [5, 5.41) is 5.86. The molecule has 2 N–H and O–H groups in total. The molecule has 0 aliphatic carbocycles. The maximum Gasteiger partial charge on any atom is 0.271 e. The molecule has 120 valence electrons. The smallest absolute Gasteiger partial charge is 0.271 e. The highest BCUT2D eigenvalue weighted by atomic mass is 35.5. The summed E-state index contributed by atoms with van der Waals surface area (Å²) in [7, 11) is 0. The normalized spacial score (nSPS) is 18.0. The van der Waals surface area contributed by atoms with Gasteiger partial charge in [-0.1, -0.05) is 11.6 Å². The molecule has 1 aliphatic rings. The molecule has 7 heteroatoms. The number of carbonyl (C=O) groups is 2. The van der Waals surface area contributed by atoms with Gasteiger partial charge in [0.1, 0.15) is 0 Å². The Balaban J connectivity index is 1.97. The number of hydrogen-bond donors (Lipinski definition) is 2. The molecular formula is C15H20ClN3O3. The van der Waals surface area contributed by atoms with Crippen LogP contribution in [0.5, 0.6) is 5.88 Å². The molecule has 0 spiro atoms. The lowest BCUT2D eigenvalue weighted by molar-refractivity contribution is -0.123. The number of ether oxygens (including phenoxy) is 1. The molecule has 22 heavy (non-hydrogen) atoms. The third-order valence-corrected chi connectivity index (χ3v) is 3.53. The number of halogens is 1. The Morgan fingerprint density at radius 3 is 3.00 bits per heavy atom. The second-order valence-electron chi connectivity index (χ2n) is 5.51. The SMILES string of the molecule is CC(C)Oc1ccc(Cl)c(C(=O)NC[C@H]2CCCC(=O)N2)n1. The average Bonchev–Trinajstić information content (AvgIpc) is 2.46. The molecule has 1 atom stereocenters. The molecule has 1 aromatic heterocycles. The van der Waals surface area contributed by atoms with Gasteiger partial charge in [-0.2, -0.15) is 0 Å². The highest BCUT2D eigenvalue weighted by Crippen LogP contribution is 2.19. The van der Waals surface area contributed by atoms with Gasteiger partial charge in [0.05, 0.1) is 11.1 Å². The molecule has 1 saturated heterocycles. The van der Waals surface area contributed by atoms with Crippen molar-refractivity contribution in [3.05, 3.63) is 22.8 Å². The number of nitrogens with one attached hydrogen (secondary N) is 2. The van der Waals surface area contributed by atoms with E-state index in [1.807, 2.05) is 13.8 Å². The third-order valence-electron chi connectivity index (χ3n) is 3.22. The minimum absolute atomic E-state index is 0.0222. The van der Waals surface area contributed by atoms with Gasteiger partial charge in [-0.25, -0.2) is 4.98 Å². The third kappa shape index (κ3) is 4.59. The molecule has 0 radical (unpaired) electrons.